The molecule has 2 aliphatic rings. The average Bonchev–Trinajstić information content (AvgIpc) is 3.54. The Kier molecular flexibility index (Phi) is 9.00. The first-order valence-electron chi connectivity index (χ1n) is 13.9. The fourth-order valence-corrected chi connectivity index (χ4v) is 6.11. The Morgan fingerprint density at radius 3 is 2.50 bits per heavy atom. The van der Waals surface area contributed by atoms with Crippen LogP contribution in [0.5, 0.6) is 11.5 Å². The Labute approximate surface area is 255 Å². The minimum atomic E-state index is -4.73. The van der Waals surface area contributed by atoms with Crippen molar-refractivity contribution >= 4 is 34.2 Å². The Hall–Kier alpha value is -4.33. The minimum Gasteiger partial charge on any atom is -0.497 e. The van der Waals surface area contributed by atoms with Crippen molar-refractivity contribution in [3.05, 3.63) is 70.4 Å². The number of hydrogen-bond donors (Lipinski definition) is 2. The van der Waals surface area contributed by atoms with Crippen molar-refractivity contribution in [2.75, 3.05) is 26.1 Å². The zero-order chi connectivity index (χ0) is 31.5. The number of halogens is 3. The van der Waals surface area contributed by atoms with Crippen LogP contribution in [0.1, 0.15) is 58.3 Å². The molecule has 2 N–H and O–H groups in total. The van der Waals surface area contributed by atoms with Gasteiger partial charge in [-0.1, -0.05) is 41.7 Å². The molecule has 10 nitrogen and oxygen atoms in total. The van der Waals surface area contributed by atoms with Crippen LogP contribution in [0.15, 0.2) is 48.5 Å². The van der Waals surface area contributed by atoms with Crippen LogP contribution in [0.25, 0.3) is 0 Å². The summed E-state index contributed by atoms with van der Waals surface area (Å²) in [5.41, 5.74) is -1.32. The smallest absolute Gasteiger partial charge is 0.410 e. The third-order valence-corrected chi connectivity index (χ3v) is 8.80. The van der Waals surface area contributed by atoms with Gasteiger partial charge in [-0.05, 0) is 43.4 Å². The summed E-state index contributed by atoms with van der Waals surface area (Å²) in [5.74, 6) is -0.952. The number of ether oxygens (including phenoxy) is 3. The normalized spacial score (nSPS) is 17.1. The number of alkyl halides is 3. The van der Waals surface area contributed by atoms with Gasteiger partial charge in [-0.15, -0.1) is 0 Å². The summed E-state index contributed by atoms with van der Waals surface area (Å²) in [5, 5.41) is 5.22. The van der Waals surface area contributed by atoms with Crippen molar-refractivity contribution in [3.63, 3.8) is 0 Å². The lowest BCUT2D eigenvalue weighted by atomic mass is 10.1. The second-order valence-corrected chi connectivity index (χ2v) is 11.5. The number of amides is 3. The van der Waals surface area contributed by atoms with E-state index in [2.05, 4.69) is 15.6 Å². The molecule has 234 valence electrons. The lowest BCUT2D eigenvalue weighted by Gasteiger charge is -2.22. The second kappa shape index (κ2) is 12.7. The third kappa shape index (κ3) is 6.44. The fraction of sp³-hybridized carbons (Fsp3) is 0.400. The highest BCUT2D eigenvalue weighted by Crippen LogP contribution is 2.58. The van der Waals surface area contributed by atoms with Crippen molar-refractivity contribution in [3.8, 4) is 11.5 Å². The average molecular weight is 633 g/mol. The molecule has 0 bridgehead atoms. The molecule has 1 unspecified atom stereocenters. The number of benzene rings is 2. The summed E-state index contributed by atoms with van der Waals surface area (Å²) < 4.78 is 57.2. The molecule has 1 saturated carbocycles. The molecule has 1 aliphatic carbocycles. The molecule has 2 fully saturated rings. The van der Waals surface area contributed by atoms with Gasteiger partial charge in [-0.25, -0.2) is 9.78 Å². The van der Waals surface area contributed by atoms with Crippen molar-refractivity contribution in [1.29, 1.82) is 0 Å². The molecule has 14 heteroatoms. The first kappa shape index (κ1) is 31.1. The van der Waals surface area contributed by atoms with E-state index in [-0.39, 0.29) is 36.7 Å². The lowest BCUT2D eigenvalue weighted by molar-refractivity contribution is -0.189. The Balaban J connectivity index is 1.38. The topological polar surface area (TPSA) is 119 Å². The van der Waals surface area contributed by atoms with Gasteiger partial charge in [0.05, 0.1) is 20.3 Å². The molecule has 5 rings (SSSR count). The summed E-state index contributed by atoms with van der Waals surface area (Å²) in [6.45, 7) is 0.430. The largest absolute Gasteiger partial charge is 0.497 e. The molecule has 44 heavy (non-hydrogen) atoms. The van der Waals surface area contributed by atoms with E-state index in [9.17, 15) is 27.6 Å². The molecule has 3 amide bonds. The highest BCUT2D eigenvalue weighted by molar-refractivity contribution is 7.16. The van der Waals surface area contributed by atoms with E-state index in [1.807, 2.05) is 30.3 Å². The van der Waals surface area contributed by atoms with Crippen LogP contribution in [0.4, 0.5) is 23.0 Å². The number of carbonyl (C=O) groups is 3. The van der Waals surface area contributed by atoms with E-state index in [1.165, 1.54) is 19.1 Å². The first-order chi connectivity index (χ1) is 21.1. The highest BCUT2D eigenvalue weighted by atomic mass is 32.1. The Morgan fingerprint density at radius 2 is 1.84 bits per heavy atom. The van der Waals surface area contributed by atoms with E-state index < -0.39 is 35.5 Å². The number of rotatable bonds is 10. The maximum Gasteiger partial charge on any atom is 0.410 e. The number of hydrogen-bond acceptors (Lipinski definition) is 8. The van der Waals surface area contributed by atoms with Gasteiger partial charge in [0, 0.05) is 24.7 Å². The van der Waals surface area contributed by atoms with E-state index in [0.29, 0.717) is 41.5 Å². The standard InChI is InChI=1S/C30H31F3N4O6S/c1-41-20-11-10-19(22(15-20)42-2)16-34-24(38)23-26(36-27(39)29(12-13-29)30(31,32)33)44-25(35-23)21-9-6-14-37(21)28(40)43-17-18-7-4-3-5-8-18/h3-5,7-8,10-11,15,21H,6,9,12-14,16-17H2,1-2H3,(H,34,38)(H,36,39). The van der Waals surface area contributed by atoms with Crippen LogP contribution < -0.4 is 20.1 Å². The maximum atomic E-state index is 13.7. The molecule has 1 saturated heterocycles. The van der Waals surface area contributed by atoms with Crippen LogP contribution in [-0.2, 0) is 22.7 Å². The van der Waals surface area contributed by atoms with Gasteiger partial charge in [-0.3, -0.25) is 14.5 Å². The molecule has 1 atom stereocenters. The van der Waals surface area contributed by atoms with Crippen LogP contribution in [0.2, 0.25) is 0 Å². The molecule has 0 spiro atoms. The number of methoxy groups -OCH3 is 2. The molecular formula is C30H31F3N4O6S. The first-order valence-corrected chi connectivity index (χ1v) is 14.7. The van der Waals surface area contributed by atoms with Crippen molar-refractivity contribution < 1.29 is 41.8 Å². The molecule has 0 radical (unpaired) electrons. The molecule has 3 aromatic rings. The highest BCUT2D eigenvalue weighted by Gasteiger charge is 2.68. The SMILES string of the molecule is COc1ccc(CNC(=O)c2nc(C3CCCN3C(=O)OCc3ccccc3)sc2NC(=O)C2(C(F)(F)F)CC2)c(OC)c1. The number of nitrogens with zero attached hydrogens (tertiary/aromatic N) is 2. The quantitative estimate of drug-likeness (QED) is 0.288. The van der Waals surface area contributed by atoms with Gasteiger partial charge in [0.1, 0.15) is 33.5 Å². The monoisotopic (exact) mass is 632 g/mol. The molecule has 1 aliphatic heterocycles. The van der Waals surface area contributed by atoms with E-state index in [1.54, 1.807) is 18.2 Å². The molecule has 2 aromatic carbocycles. The lowest BCUT2D eigenvalue weighted by Crippen LogP contribution is -2.37. The number of aromatic nitrogens is 1. The van der Waals surface area contributed by atoms with Crippen molar-refractivity contribution in [2.45, 2.75) is 51.1 Å². The van der Waals surface area contributed by atoms with Crippen LogP contribution in [0.3, 0.4) is 0 Å². The summed E-state index contributed by atoms with van der Waals surface area (Å²) in [7, 11) is 2.97. The number of anilines is 1. The molecule has 2 heterocycles. The zero-order valence-electron chi connectivity index (χ0n) is 24.0. The Morgan fingerprint density at radius 1 is 1.09 bits per heavy atom. The minimum absolute atomic E-state index is 0.000101. The predicted molar refractivity (Wildman–Crippen MR) is 154 cm³/mol. The van der Waals surface area contributed by atoms with Gasteiger partial charge in [-0.2, -0.15) is 13.2 Å². The van der Waals surface area contributed by atoms with E-state index >= 15 is 0 Å². The molecular weight excluding hydrogens is 601 g/mol. The summed E-state index contributed by atoms with van der Waals surface area (Å²) in [6.07, 6.45) is -4.86. The fourth-order valence-electron chi connectivity index (χ4n) is 5.01. The predicted octanol–water partition coefficient (Wildman–Crippen LogP) is 5.85. The molecule has 1 aromatic heterocycles. The van der Waals surface area contributed by atoms with Crippen LogP contribution >= 0.6 is 11.3 Å². The van der Waals surface area contributed by atoms with Gasteiger partial charge < -0.3 is 24.8 Å². The number of likely N-dealkylation sites (tertiary alicyclic amines) is 1. The zero-order valence-corrected chi connectivity index (χ0v) is 24.8. The van der Waals surface area contributed by atoms with E-state index in [4.69, 9.17) is 14.2 Å². The summed E-state index contributed by atoms with van der Waals surface area (Å²) in [6, 6.07) is 13.6. The van der Waals surface area contributed by atoms with Crippen molar-refractivity contribution in [2.24, 2.45) is 5.41 Å². The van der Waals surface area contributed by atoms with Gasteiger partial charge in [0.25, 0.3) is 5.91 Å². The number of thiazole rings is 1. The van der Waals surface area contributed by atoms with Crippen LogP contribution in [0, 0.1) is 5.41 Å². The van der Waals surface area contributed by atoms with Crippen molar-refractivity contribution in [1.82, 2.24) is 15.2 Å². The number of carbonyl (C=O) groups excluding carboxylic acids is 3. The van der Waals surface area contributed by atoms with Gasteiger partial charge in [0.15, 0.2) is 5.69 Å². The van der Waals surface area contributed by atoms with Gasteiger partial charge >= 0.3 is 12.3 Å². The second-order valence-electron chi connectivity index (χ2n) is 10.5. The summed E-state index contributed by atoms with van der Waals surface area (Å²) in [4.78, 5) is 45.2. The Bertz CT molecular complexity index is 1530. The third-order valence-electron chi connectivity index (χ3n) is 7.72. The summed E-state index contributed by atoms with van der Waals surface area (Å²) >= 11 is 0.876. The van der Waals surface area contributed by atoms with Crippen LogP contribution in [-0.4, -0.2) is 54.7 Å². The maximum absolute atomic E-state index is 13.7. The number of nitrogens with one attached hydrogen (secondary N) is 2. The van der Waals surface area contributed by atoms with Gasteiger partial charge in [0.2, 0.25) is 5.91 Å². The van der Waals surface area contributed by atoms with E-state index in [0.717, 1.165) is 16.9 Å².